The predicted octanol–water partition coefficient (Wildman–Crippen LogP) is 5.73. The van der Waals surface area contributed by atoms with Crippen LogP contribution in [0.5, 0.6) is 11.5 Å². The van der Waals surface area contributed by atoms with Crippen LogP contribution < -0.4 is 14.8 Å². The molecule has 1 N–H and O–H groups in total. The smallest absolute Gasteiger partial charge is 0.436 e. The third-order valence-corrected chi connectivity index (χ3v) is 5.50. The Bertz CT molecular complexity index is 1350. The summed E-state index contributed by atoms with van der Waals surface area (Å²) < 4.78 is 52.3. The Morgan fingerprint density at radius 1 is 1.00 bits per heavy atom. The van der Waals surface area contributed by atoms with Gasteiger partial charge in [0.15, 0.2) is 5.82 Å². The van der Waals surface area contributed by atoms with Crippen molar-refractivity contribution in [1.82, 2.24) is 14.8 Å². The topological polar surface area (TPSA) is 78.3 Å². The first-order valence-corrected chi connectivity index (χ1v) is 11.3. The standard InChI is InChI=1S/C25H22F3N4O3P/c1-24(26,36)25(27,28)35-19-13-11-18(12-14-19)32-15-29-22(31-32)16-7-9-17(10-8-16)30-23(33)20-5-3-4-6-21(20)34-2/h3-15H,36H2,1-2H3,(H,30,33). The van der Waals surface area contributed by atoms with Gasteiger partial charge in [0.05, 0.1) is 18.4 Å². The number of nitrogens with one attached hydrogen (secondary N) is 1. The SMILES string of the molecule is COc1ccccc1C(=O)Nc1ccc(-c2ncn(-c3ccc(OC(F)(F)C(C)(F)P)cc3)n2)cc1. The molecule has 1 heterocycles. The number of benzene rings is 3. The number of carbonyl (C=O) groups is 1. The summed E-state index contributed by atoms with van der Waals surface area (Å²) in [5.74, 6) is 0.392. The molecule has 2 atom stereocenters. The van der Waals surface area contributed by atoms with Crippen molar-refractivity contribution in [1.29, 1.82) is 0 Å². The van der Waals surface area contributed by atoms with Crippen LogP contribution in [0.4, 0.5) is 18.9 Å². The molecule has 0 saturated carbocycles. The fourth-order valence-electron chi connectivity index (χ4n) is 3.17. The van der Waals surface area contributed by atoms with Gasteiger partial charge in [0.2, 0.25) is 5.41 Å². The molecule has 0 spiro atoms. The maximum absolute atomic E-state index is 13.8. The van der Waals surface area contributed by atoms with Gasteiger partial charge in [0.1, 0.15) is 17.8 Å². The first kappa shape index (κ1) is 25.2. The third kappa shape index (κ3) is 5.49. The molecule has 0 saturated heterocycles. The molecule has 4 aromatic rings. The fraction of sp³-hybridized carbons (Fsp3) is 0.160. The average molecular weight is 514 g/mol. The van der Waals surface area contributed by atoms with E-state index in [9.17, 15) is 18.0 Å². The van der Waals surface area contributed by atoms with E-state index < -0.39 is 11.5 Å². The number of carbonyl (C=O) groups excluding carboxylic acids is 1. The molecular weight excluding hydrogens is 492 g/mol. The lowest BCUT2D eigenvalue weighted by molar-refractivity contribution is -0.227. The number of anilines is 1. The van der Waals surface area contributed by atoms with Gasteiger partial charge in [0, 0.05) is 11.3 Å². The molecule has 186 valence electrons. The van der Waals surface area contributed by atoms with Crippen molar-refractivity contribution in [3.63, 3.8) is 0 Å². The van der Waals surface area contributed by atoms with E-state index in [1.165, 1.54) is 51.6 Å². The molecule has 0 aliphatic carbocycles. The largest absolute Gasteiger partial charge is 0.496 e. The second kappa shape index (κ2) is 9.99. The number of hydrogen-bond acceptors (Lipinski definition) is 5. The second-order valence-electron chi connectivity index (χ2n) is 7.93. The maximum atomic E-state index is 13.8. The van der Waals surface area contributed by atoms with E-state index in [0.29, 0.717) is 41.0 Å². The highest BCUT2D eigenvalue weighted by Crippen LogP contribution is 2.39. The quantitative estimate of drug-likeness (QED) is 0.304. The van der Waals surface area contributed by atoms with Gasteiger partial charge in [-0.2, -0.15) is 8.78 Å². The van der Waals surface area contributed by atoms with Crippen LogP contribution in [-0.4, -0.2) is 39.3 Å². The molecule has 2 unspecified atom stereocenters. The number of amides is 1. The van der Waals surface area contributed by atoms with E-state index in [-0.39, 0.29) is 11.7 Å². The van der Waals surface area contributed by atoms with E-state index >= 15 is 0 Å². The summed E-state index contributed by atoms with van der Waals surface area (Å²) in [7, 11) is 2.93. The lowest BCUT2D eigenvalue weighted by Gasteiger charge is -2.26. The molecule has 36 heavy (non-hydrogen) atoms. The van der Waals surface area contributed by atoms with Gasteiger partial charge in [0.25, 0.3) is 5.91 Å². The zero-order valence-electron chi connectivity index (χ0n) is 19.3. The number of ether oxygens (including phenoxy) is 2. The van der Waals surface area contributed by atoms with Gasteiger partial charge in [-0.3, -0.25) is 4.79 Å². The Morgan fingerprint density at radius 2 is 1.67 bits per heavy atom. The van der Waals surface area contributed by atoms with Crippen molar-refractivity contribution in [2.45, 2.75) is 18.4 Å². The minimum Gasteiger partial charge on any atom is -0.496 e. The monoisotopic (exact) mass is 514 g/mol. The molecule has 4 rings (SSSR count). The van der Waals surface area contributed by atoms with Gasteiger partial charge < -0.3 is 14.8 Å². The number of hydrogen-bond donors (Lipinski definition) is 1. The summed E-state index contributed by atoms with van der Waals surface area (Å²) in [4.78, 5) is 16.9. The zero-order chi connectivity index (χ0) is 25.9. The fourth-order valence-corrected chi connectivity index (χ4v) is 3.23. The molecule has 0 radical (unpaired) electrons. The molecule has 7 nitrogen and oxygen atoms in total. The Morgan fingerprint density at radius 3 is 2.31 bits per heavy atom. The molecule has 0 bridgehead atoms. The van der Waals surface area contributed by atoms with E-state index in [1.54, 1.807) is 48.5 Å². The summed E-state index contributed by atoms with van der Waals surface area (Å²) in [6.45, 7) is 0.712. The summed E-state index contributed by atoms with van der Waals surface area (Å²) in [5, 5.41) is 4.31. The molecule has 1 aromatic heterocycles. The number of alkyl halides is 3. The van der Waals surface area contributed by atoms with Gasteiger partial charge in [-0.15, -0.1) is 5.10 Å². The van der Waals surface area contributed by atoms with Crippen LogP contribution in [0.25, 0.3) is 17.1 Å². The van der Waals surface area contributed by atoms with Crippen molar-refractivity contribution < 1.29 is 27.4 Å². The van der Waals surface area contributed by atoms with Crippen LogP contribution in [0.3, 0.4) is 0 Å². The molecule has 0 aliphatic heterocycles. The average Bonchev–Trinajstić information content (AvgIpc) is 3.34. The highest BCUT2D eigenvalue weighted by molar-refractivity contribution is 7.18. The van der Waals surface area contributed by atoms with E-state index in [2.05, 4.69) is 20.1 Å². The summed E-state index contributed by atoms with van der Waals surface area (Å²) >= 11 is 0. The van der Waals surface area contributed by atoms with Gasteiger partial charge in [-0.25, -0.2) is 14.1 Å². The second-order valence-corrected chi connectivity index (χ2v) is 9.02. The third-order valence-electron chi connectivity index (χ3n) is 5.16. The Balaban J connectivity index is 1.44. The number of para-hydroxylation sites is 1. The van der Waals surface area contributed by atoms with Crippen molar-refractivity contribution in [3.8, 4) is 28.6 Å². The Labute approximate surface area is 207 Å². The zero-order valence-corrected chi connectivity index (χ0v) is 20.4. The molecule has 0 aliphatic rings. The maximum Gasteiger partial charge on any atom is 0.436 e. The van der Waals surface area contributed by atoms with E-state index in [0.717, 1.165) is 0 Å². The van der Waals surface area contributed by atoms with E-state index in [4.69, 9.17) is 4.74 Å². The van der Waals surface area contributed by atoms with Gasteiger partial charge in [-0.1, -0.05) is 21.4 Å². The summed E-state index contributed by atoms with van der Waals surface area (Å²) in [6, 6.07) is 19.5. The molecular formula is C25H22F3N4O3P. The van der Waals surface area contributed by atoms with Crippen molar-refractivity contribution in [2.24, 2.45) is 0 Å². The molecule has 3 aromatic carbocycles. The summed E-state index contributed by atoms with van der Waals surface area (Å²) in [5.41, 5.74) is 2.23. The lowest BCUT2D eigenvalue weighted by Crippen LogP contribution is -2.41. The van der Waals surface area contributed by atoms with Crippen molar-refractivity contribution >= 4 is 20.8 Å². The van der Waals surface area contributed by atoms with Crippen LogP contribution in [0, 0.1) is 0 Å². The van der Waals surface area contributed by atoms with Crippen LogP contribution in [0.15, 0.2) is 79.1 Å². The van der Waals surface area contributed by atoms with Crippen LogP contribution >= 0.6 is 9.24 Å². The number of rotatable bonds is 8. The lowest BCUT2D eigenvalue weighted by atomic mass is 10.1. The highest BCUT2D eigenvalue weighted by atomic mass is 31.0. The number of halogens is 3. The van der Waals surface area contributed by atoms with Crippen molar-refractivity contribution in [2.75, 3.05) is 12.4 Å². The Hall–Kier alpha value is -3.91. The molecule has 0 fully saturated rings. The molecule has 11 heteroatoms. The predicted molar refractivity (Wildman–Crippen MR) is 133 cm³/mol. The van der Waals surface area contributed by atoms with E-state index in [1.807, 2.05) is 0 Å². The van der Waals surface area contributed by atoms with Crippen LogP contribution in [0.2, 0.25) is 0 Å². The van der Waals surface area contributed by atoms with Crippen LogP contribution in [-0.2, 0) is 0 Å². The minimum atomic E-state index is -4.02. The van der Waals surface area contributed by atoms with Gasteiger partial charge >= 0.3 is 6.11 Å². The van der Waals surface area contributed by atoms with Gasteiger partial charge in [-0.05, 0) is 67.6 Å². The normalized spacial score (nSPS) is 13.1. The highest BCUT2D eigenvalue weighted by Gasteiger charge is 2.50. The number of methoxy groups -OCH3 is 1. The van der Waals surface area contributed by atoms with Crippen LogP contribution in [0.1, 0.15) is 17.3 Å². The Kier molecular flexibility index (Phi) is 6.99. The van der Waals surface area contributed by atoms with Crippen molar-refractivity contribution in [3.05, 3.63) is 84.7 Å². The molecule has 1 amide bonds. The first-order valence-electron chi connectivity index (χ1n) is 10.7. The first-order chi connectivity index (χ1) is 17.1. The minimum absolute atomic E-state index is 0.193. The number of nitrogens with zero attached hydrogens (tertiary/aromatic N) is 3. The number of aromatic nitrogens is 3. The summed E-state index contributed by atoms with van der Waals surface area (Å²) in [6.07, 6.45) is -2.54.